The van der Waals surface area contributed by atoms with E-state index in [2.05, 4.69) is 10.3 Å². The molecule has 0 spiro atoms. The van der Waals surface area contributed by atoms with Crippen molar-refractivity contribution < 1.29 is 69.9 Å². The first-order valence-corrected chi connectivity index (χ1v) is 17.3. The number of pyridine rings is 1. The van der Waals surface area contributed by atoms with Gasteiger partial charge in [-0.1, -0.05) is 36.4 Å². The lowest BCUT2D eigenvalue weighted by molar-refractivity contribution is -0.171. The highest BCUT2D eigenvalue weighted by molar-refractivity contribution is 5.93. The number of benzene rings is 3. The standard InChI is InChI=1S/C29H28F6N2O4.C12H14O5/c1-26(2,3)41-25(39)27(4,5)40-20-12-6-17(7-13-20)14-24(38)37-23-16-36-22(15-21(23)29(33,34)35)18-8-10-19(11-9-18)28(30,31)32;1-12(2,11(15)16)17-9-5-3-8(4-6-9)7-10(13)14/h6-13,15-16H,14H2,1-5H3,(H,37,38);3-6H,7H2,1-2H3,(H,13,14)(H,15,16). The van der Waals surface area contributed by atoms with Crippen LogP contribution in [0.1, 0.15) is 70.7 Å². The number of alkyl halides is 6. The molecule has 0 aliphatic rings. The Balaban J connectivity index is 0.000000442. The third kappa shape index (κ3) is 14.1. The second kappa shape index (κ2) is 18.0. The third-order valence-electron chi connectivity index (χ3n) is 7.71. The molecule has 3 N–H and O–H groups in total. The zero-order chi connectivity index (χ0) is 43.9. The summed E-state index contributed by atoms with van der Waals surface area (Å²) >= 11 is 0. The quantitative estimate of drug-likeness (QED) is 0.0929. The summed E-state index contributed by atoms with van der Waals surface area (Å²) in [6.45, 7) is 11.1. The number of nitrogens with zero attached hydrogens (tertiary/aromatic N) is 1. The highest BCUT2D eigenvalue weighted by atomic mass is 19.4. The summed E-state index contributed by atoms with van der Waals surface area (Å²) < 4.78 is 96.2. The highest BCUT2D eigenvalue weighted by Gasteiger charge is 2.36. The van der Waals surface area contributed by atoms with Crippen molar-refractivity contribution in [2.45, 2.75) is 90.5 Å². The molecule has 11 nitrogen and oxygen atoms in total. The minimum absolute atomic E-state index is 0.0403. The van der Waals surface area contributed by atoms with Crippen molar-refractivity contribution in [2.75, 3.05) is 5.32 Å². The van der Waals surface area contributed by atoms with Crippen LogP contribution in [-0.2, 0) is 49.1 Å². The Morgan fingerprint density at radius 1 is 0.655 bits per heavy atom. The molecular formula is C41H42F6N2O9. The molecule has 0 fully saturated rings. The number of rotatable bonds is 12. The van der Waals surface area contributed by atoms with Gasteiger partial charge < -0.3 is 29.7 Å². The molecule has 0 aliphatic heterocycles. The van der Waals surface area contributed by atoms with Gasteiger partial charge in [-0.3, -0.25) is 14.6 Å². The number of carbonyl (C=O) groups is 4. The largest absolute Gasteiger partial charge is 0.481 e. The van der Waals surface area contributed by atoms with E-state index >= 15 is 0 Å². The van der Waals surface area contributed by atoms with Gasteiger partial charge in [0.2, 0.25) is 5.91 Å². The zero-order valence-corrected chi connectivity index (χ0v) is 32.5. The van der Waals surface area contributed by atoms with Gasteiger partial charge in [-0.05, 0) is 102 Å². The number of hydrogen-bond donors (Lipinski definition) is 3. The Bertz CT molecular complexity index is 2070. The van der Waals surface area contributed by atoms with E-state index in [9.17, 15) is 45.5 Å². The van der Waals surface area contributed by atoms with Gasteiger partial charge in [-0.2, -0.15) is 26.3 Å². The molecule has 4 rings (SSSR count). The van der Waals surface area contributed by atoms with Crippen molar-refractivity contribution in [1.82, 2.24) is 4.98 Å². The van der Waals surface area contributed by atoms with Gasteiger partial charge in [0.25, 0.3) is 0 Å². The van der Waals surface area contributed by atoms with Crippen LogP contribution in [0, 0.1) is 0 Å². The first kappa shape index (κ1) is 46.3. The normalized spacial score (nSPS) is 12.1. The Kier molecular flexibility index (Phi) is 14.3. The van der Waals surface area contributed by atoms with Crippen molar-refractivity contribution in [3.8, 4) is 22.8 Å². The fourth-order valence-electron chi connectivity index (χ4n) is 4.76. The molecule has 17 heteroatoms. The number of amides is 1. The predicted molar refractivity (Wildman–Crippen MR) is 199 cm³/mol. The molecule has 0 atom stereocenters. The van der Waals surface area contributed by atoms with Crippen LogP contribution in [0.15, 0.2) is 85.1 Å². The molecule has 0 bridgehead atoms. The average Bonchev–Trinajstić information content (AvgIpc) is 3.08. The second-order valence-corrected chi connectivity index (χ2v) is 14.8. The Labute approximate surface area is 330 Å². The van der Waals surface area contributed by atoms with Crippen LogP contribution in [0.25, 0.3) is 11.3 Å². The van der Waals surface area contributed by atoms with Gasteiger partial charge in [-0.25, -0.2) is 9.59 Å². The van der Waals surface area contributed by atoms with Gasteiger partial charge in [0.1, 0.15) is 17.1 Å². The number of aromatic nitrogens is 1. The minimum atomic E-state index is -4.88. The minimum Gasteiger partial charge on any atom is -0.481 e. The highest BCUT2D eigenvalue weighted by Crippen LogP contribution is 2.37. The number of nitrogens with one attached hydrogen (secondary N) is 1. The van der Waals surface area contributed by atoms with E-state index in [0.29, 0.717) is 28.7 Å². The SMILES string of the molecule is CC(C)(C)OC(=O)C(C)(C)Oc1ccc(CC(=O)Nc2cnc(-c3ccc(C(F)(F)F)cc3)cc2C(F)(F)F)cc1.CC(C)(Oc1ccc(CC(=O)O)cc1)C(=O)O. The summed E-state index contributed by atoms with van der Waals surface area (Å²) in [6, 6.07) is 16.6. The number of aliphatic carboxylic acids is 2. The molecule has 0 saturated heterocycles. The van der Waals surface area contributed by atoms with E-state index < -0.39 is 69.8 Å². The molecule has 0 radical (unpaired) electrons. The number of anilines is 1. The second-order valence-electron chi connectivity index (χ2n) is 14.8. The van der Waals surface area contributed by atoms with Crippen LogP contribution in [0.3, 0.4) is 0 Å². The zero-order valence-electron chi connectivity index (χ0n) is 32.5. The van der Waals surface area contributed by atoms with Crippen molar-refractivity contribution in [3.05, 3.63) is 107 Å². The van der Waals surface area contributed by atoms with E-state index in [-0.39, 0.29) is 24.1 Å². The lowest BCUT2D eigenvalue weighted by Gasteiger charge is -2.29. The summed E-state index contributed by atoms with van der Waals surface area (Å²) in [6.07, 6.45) is -9.02. The van der Waals surface area contributed by atoms with Crippen LogP contribution in [-0.4, -0.2) is 55.8 Å². The molecule has 3 aromatic carbocycles. The van der Waals surface area contributed by atoms with Gasteiger partial charge in [0.05, 0.1) is 41.5 Å². The summed E-state index contributed by atoms with van der Waals surface area (Å²) in [5, 5.41) is 19.7. The summed E-state index contributed by atoms with van der Waals surface area (Å²) in [7, 11) is 0. The van der Waals surface area contributed by atoms with E-state index in [1.807, 2.05) is 0 Å². The Morgan fingerprint density at radius 2 is 1.14 bits per heavy atom. The first-order chi connectivity index (χ1) is 26.6. The van der Waals surface area contributed by atoms with Gasteiger partial charge in [0.15, 0.2) is 11.2 Å². The maximum absolute atomic E-state index is 13.8. The summed E-state index contributed by atoms with van der Waals surface area (Å²) in [5.41, 5.74) is -5.17. The van der Waals surface area contributed by atoms with E-state index in [1.165, 1.54) is 52.0 Å². The Morgan fingerprint density at radius 3 is 1.57 bits per heavy atom. The molecular weight excluding hydrogens is 778 g/mol. The third-order valence-corrected chi connectivity index (χ3v) is 7.71. The van der Waals surface area contributed by atoms with Crippen LogP contribution in [0.5, 0.6) is 11.5 Å². The topological polar surface area (TPSA) is 161 Å². The maximum Gasteiger partial charge on any atom is 0.418 e. The van der Waals surface area contributed by atoms with Crippen molar-refractivity contribution in [2.24, 2.45) is 0 Å². The molecule has 0 unspecified atom stereocenters. The van der Waals surface area contributed by atoms with E-state index in [0.717, 1.165) is 30.5 Å². The molecule has 58 heavy (non-hydrogen) atoms. The van der Waals surface area contributed by atoms with Crippen molar-refractivity contribution >= 4 is 29.5 Å². The lowest BCUT2D eigenvalue weighted by atomic mass is 10.1. The van der Waals surface area contributed by atoms with E-state index in [4.69, 9.17) is 24.4 Å². The van der Waals surface area contributed by atoms with Crippen LogP contribution < -0.4 is 14.8 Å². The first-order valence-electron chi connectivity index (χ1n) is 17.3. The number of carbonyl (C=O) groups excluding carboxylic acids is 2. The Hall–Kier alpha value is -6.13. The smallest absolute Gasteiger partial charge is 0.418 e. The molecule has 1 heterocycles. The number of carboxylic acids is 2. The van der Waals surface area contributed by atoms with Gasteiger partial charge >= 0.3 is 30.3 Å². The van der Waals surface area contributed by atoms with Crippen LogP contribution in [0.2, 0.25) is 0 Å². The molecule has 1 amide bonds. The number of esters is 1. The molecule has 312 valence electrons. The fraction of sp³-hybridized carbons (Fsp3) is 0.341. The van der Waals surface area contributed by atoms with Crippen molar-refractivity contribution in [3.63, 3.8) is 0 Å². The molecule has 1 aromatic heterocycles. The van der Waals surface area contributed by atoms with E-state index in [1.54, 1.807) is 45.0 Å². The van der Waals surface area contributed by atoms with Crippen molar-refractivity contribution in [1.29, 1.82) is 0 Å². The molecule has 0 saturated carbocycles. The summed E-state index contributed by atoms with van der Waals surface area (Å²) in [5.74, 6) is -2.61. The predicted octanol–water partition coefficient (Wildman–Crippen LogP) is 9.02. The van der Waals surface area contributed by atoms with Crippen LogP contribution >= 0.6 is 0 Å². The molecule has 0 aliphatic carbocycles. The summed E-state index contributed by atoms with van der Waals surface area (Å²) in [4.78, 5) is 50.2. The monoisotopic (exact) mass is 820 g/mol. The molecule has 4 aromatic rings. The van der Waals surface area contributed by atoms with Crippen LogP contribution in [0.4, 0.5) is 32.0 Å². The van der Waals surface area contributed by atoms with Gasteiger partial charge in [-0.15, -0.1) is 0 Å². The lowest BCUT2D eigenvalue weighted by Crippen LogP contribution is -2.43. The number of hydrogen-bond acceptors (Lipinski definition) is 8. The number of carboxylic acid groups (broad SMARTS) is 2. The average molecular weight is 821 g/mol. The number of halogens is 6. The van der Waals surface area contributed by atoms with Gasteiger partial charge in [0, 0.05) is 5.56 Å². The number of ether oxygens (including phenoxy) is 3. The maximum atomic E-state index is 13.8. The fourth-order valence-corrected chi connectivity index (χ4v) is 4.76.